The van der Waals surface area contributed by atoms with Crippen molar-refractivity contribution >= 4 is 5.91 Å². The topological polar surface area (TPSA) is 85.8 Å². The van der Waals surface area contributed by atoms with Gasteiger partial charge in [0.15, 0.2) is 0 Å². The average molecular weight is 387 g/mol. The van der Waals surface area contributed by atoms with E-state index in [1.165, 1.54) is 0 Å². The summed E-state index contributed by atoms with van der Waals surface area (Å²) in [4.78, 5) is 21.4. The van der Waals surface area contributed by atoms with Crippen LogP contribution in [0.15, 0.2) is 77.6 Å². The molecule has 0 aliphatic heterocycles. The van der Waals surface area contributed by atoms with Gasteiger partial charge in [-0.05, 0) is 5.56 Å². The number of carbonyl (C=O) groups is 1. The summed E-state index contributed by atoms with van der Waals surface area (Å²) in [7, 11) is 1.91. The molecule has 1 unspecified atom stereocenters. The van der Waals surface area contributed by atoms with Gasteiger partial charge in [-0.15, -0.1) is 0 Å². The summed E-state index contributed by atoms with van der Waals surface area (Å²) in [5.74, 6) is 1.62. The van der Waals surface area contributed by atoms with Gasteiger partial charge in [-0.25, -0.2) is 4.98 Å². The van der Waals surface area contributed by atoms with Gasteiger partial charge in [0, 0.05) is 37.8 Å². The molecule has 0 aliphatic carbocycles. The van der Waals surface area contributed by atoms with Gasteiger partial charge in [-0.3, -0.25) is 4.79 Å². The minimum absolute atomic E-state index is 0.110. The van der Waals surface area contributed by atoms with Crippen molar-refractivity contribution in [3.05, 3.63) is 90.3 Å². The van der Waals surface area contributed by atoms with Crippen LogP contribution in [0.1, 0.15) is 29.7 Å². The Labute approximate surface area is 168 Å². The monoisotopic (exact) mass is 387 g/mol. The average Bonchev–Trinajstić information content (AvgIpc) is 3.41. The second kappa shape index (κ2) is 8.52. The zero-order valence-corrected chi connectivity index (χ0v) is 16.0. The lowest BCUT2D eigenvalue weighted by Crippen LogP contribution is -2.31. The maximum Gasteiger partial charge on any atom is 0.227 e. The summed E-state index contributed by atoms with van der Waals surface area (Å²) in [5.41, 5.74) is 1.85. The Hall–Kier alpha value is -3.74. The molecule has 0 fully saturated rings. The van der Waals surface area contributed by atoms with Gasteiger partial charge in [0.1, 0.15) is 11.9 Å². The van der Waals surface area contributed by atoms with E-state index in [9.17, 15) is 4.79 Å². The molecule has 2 aromatic carbocycles. The summed E-state index contributed by atoms with van der Waals surface area (Å²) in [6.07, 6.45) is 4.19. The van der Waals surface area contributed by atoms with E-state index in [-0.39, 0.29) is 18.4 Å². The zero-order chi connectivity index (χ0) is 20.1. The van der Waals surface area contributed by atoms with Crippen molar-refractivity contribution in [3.63, 3.8) is 0 Å². The Balaban J connectivity index is 1.43. The lowest BCUT2D eigenvalue weighted by Gasteiger charge is -2.19. The van der Waals surface area contributed by atoms with E-state index in [0.717, 1.165) is 17.0 Å². The van der Waals surface area contributed by atoms with Gasteiger partial charge in [-0.2, -0.15) is 4.98 Å². The van der Waals surface area contributed by atoms with Gasteiger partial charge in [-0.1, -0.05) is 65.8 Å². The summed E-state index contributed by atoms with van der Waals surface area (Å²) < 4.78 is 7.20. The Bertz CT molecular complexity index is 1070. The number of aromatic nitrogens is 4. The van der Waals surface area contributed by atoms with Crippen molar-refractivity contribution in [2.24, 2.45) is 7.05 Å². The molecule has 0 saturated carbocycles. The summed E-state index contributed by atoms with van der Waals surface area (Å²) in [5, 5.41) is 7.07. The quantitative estimate of drug-likeness (QED) is 0.526. The minimum atomic E-state index is -0.328. The van der Waals surface area contributed by atoms with Gasteiger partial charge in [0.05, 0.1) is 0 Å². The van der Waals surface area contributed by atoms with Crippen molar-refractivity contribution in [1.29, 1.82) is 0 Å². The number of rotatable bonds is 7. The highest BCUT2D eigenvalue weighted by molar-refractivity contribution is 5.77. The number of amides is 1. The molecule has 7 heteroatoms. The van der Waals surface area contributed by atoms with E-state index in [2.05, 4.69) is 20.4 Å². The first-order valence-electron chi connectivity index (χ1n) is 9.40. The fourth-order valence-corrected chi connectivity index (χ4v) is 3.11. The van der Waals surface area contributed by atoms with Crippen LogP contribution < -0.4 is 5.32 Å². The van der Waals surface area contributed by atoms with Gasteiger partial charge >= 0.3 is 0 Å². The third-order valence-electron chi connectivity index (χ3n) is 4.62. The summed E-state index contributed by atoms with van der Waals surface area (Å²) in [6, 6.07) is 19.1. The molecule has 29 heavy (non-hydrogen) atoms. The van der Waals surface area contributed by atoms with Crippen LogP contribution in [0.25, 0.3) is 11.4 Å². The molecule has 1 N–H and O–H groups in total. The van der Waals surface area contributed by atoms with E-state index in [0.29, 0.717) is 18.1 Å². The van der Waals surface area contributed by atoms with Crippen LogP contribution >= 0.6 is 0 Å². The van der Waals surface area contributed by atoms with E-state index in [1.54, 1.807) is 6.20 Å². The molecule has 0 spiro atoms. The SMILES string of the molecule is Cn1ccnc1C(NC(=O)CCc1nc(-c2ccccc2)no1)c1ccccc1. The molecule has 2 heterocycles. The van der Waals surface area contributed by atoms with Crippen molar-refractivity contribution in [2.45, 2.75) is 18.9 Å². The number of nitrogens with zero attached hydrogens (tertiary/aromatic N) is 4. The molecule has 0 bridgehead atoms. The van der Waals surface area contributed by atoms with Crippen molar-refractivity contribution < 1.29 is 9.32 Å². The first-order valence-corrected chi connectivity index (χ1v) is 9.40. The van der Waals surface area contributed by atoms with Crippen LogP contribution in [0.4, 0.5) is 0 Å². The number of nitrogens with one attached hydrogen (secondary N) is 1. The molecule has 1 atom stereocenters. The molecule has 4 rings (SSSR count). The first kappa shape index (κ1) is 18.6. The fourth-order valence-electron chi connectivity index (χ4n) is 3.11. The highest BCUT2D eigenvalue weighted by Crippen LogP contribution is 2.21. The predicted molar refractivity (Wildman–Crippen MR) is 108 cm³/mol. The second-order valence-corrected chi connectivity index (χ2v) is 6.69. The molecule has 0 aliphatic rings. The van der Waals surface area contributed by atoms with E-state index in [1.807, 2.05) is 78.5 Å². The maximum absolute atomic E-state index is 12.6. The minimum Gasteiger partial charge on any atom is -0.342 e. The number of imidazole rings is 1. The lowest BCUT2D eigenvalue weighted by atomic mass is 10.1. The van der Waals surface area contributed by atoms with Crippen molar-refractivity contribution in [2.75, 3.05) is 0 Å². The Morgan fingerprint density at radius 1 is 1.10 bits per heavy atom. The maximum atomic E-state index is 12.6. The highest BCUT2D eigenvalue weighted by atomic mass is 16.5. The van der Waals surface area contributed by atoms with Crippen LogP contribution in [0.2, 0.25) is 0 Å². The van der Waals surface area contributed by atoms with Gasteiger partial charge in [0.25, 0.3) is 0 Å². The van der Waals surface area contributed by atoms with Crippen LogP contribution in [-0.2, 0) is 18.3 Å². The largest absolute Gasteiger partial charge is 0.342 e. The Morgan fingerprint density at radius 3 is 2.52 bits per heavy atom. The Kier molecular flexibility index (Phi) is 5.47. The van der Waals surface area contributed by atoms with Crippen LogP contribution in [0, 0.1) is 0 Å². The molecular formula is C22H21N5O2. The number of benzene rings is 2. The molecule has 7 nitrogen and oxygen atoms in total. The predicted octanol–water partition coefficient (Wildman–Crippen LogP) is 3.31. The van der Waals surface area contributed by atoms with Gasteiger partial charge < -0.3 is 14.4 Å². The van der Waals surface area contributed by atoms with E-state index >= 15 is 0 Å². The zero-order valence-electron chi connectivity index (χ0n) is 16.0. The molecule has 1 amide bonds. The Morgan fingerprint density at radius 2 is 1.83 bits per heavy atom. The van der Waals surface area contributed by atoms with Crippen LogP contribution in [0.5, 0.6) is 0 Å². The first-order chi connectivity index (χ1) is 14.2. The lowest BCUT2D eigenvalue weighted by molar-refractivity contribution is -0.121. The fraction of sp³-hybridized carbons (Fsp3) is 0.182. The normalized spacial score (nSPS) is 11.9. The van der Waals surface area contributed by atoms with Gasteiger partial charge in [0.2, 0.25) is 17.6 Å². The summed E-state index contributed by atoms with van der Waals surface area (Å²) in [6.45, 7) is 0. The third kappa shape index (κ3) is 4.40. The molecular weight excluding hydrogens is 366 g/mol. The van der Waals surface area contributed by atoms with E-state index in [4.69, 9.17) is 4.52 Å². The van der Waals surface area contributed by atoms with Crippen molar-refractivity contribution in [1.82, 2.24) is 25.0 Å². The van der Waals surface area contributed by atoms with Crippen molar-refractivity contribution in [3.8, 4) is 11.4 Å². The summed E-state index contributed by atoms with van der Waals surface area (Å²) >= 11 is 0. The molecule has 146 valence electrons. The second-order valence-electron chi connectivity index (χ2n) is 6.69. The molecule has 0 radical (unpaired) electrons. The highest BCUT2D eigenvalue weighted by Gasteiger charge is 2.21. The molecule has 2 aromatic heterocycles. The third-order valence-corrected chi connectivity index (χ3v) is 4.62. The number of hydrogen-bond donors (Lipinski definition) is 1. The smallest absolute Gasteiger partial charge is 0.227 e. The molecule has 4 aromatic rings. The molecule has 0 saturated heterocycles. The standard InChI is InChI=1S/C22H21N5O2/c1-27-15-14-23-22(27)20(16-8-4-2-5-9-16)24-18(28)12-13-19-25-21(26-29-19)17-10-6-3-7-11-17/h2-11,14-15,20H,12-13H2,1H3,(H,24,28). The number of aryl methyl sites for hydroxylation is 2. The number of hydrogen-bond acceptors (Lipinski definition) is 5. The van der Waals surface area contributed by atoms with Crippen LogP contribution in [0.3, 0.4) is 0 Å². The number of carbonyl (C=O) groups excluding carboxylic acids is 1. The van der Waals surface area contributed by atoms with Crippen LogP contribution in [-0.4, -0.2) is 25.6 Å². The van der Waals surface area contributed by atoms with E-state index < -0.39 is 0 Å².